The normalized spacial score (nSPS) is 15.9. The van der Waals surface area contributed by atoms with Gasteiger partial charge in [-0.1, -0.05) is 66.2 Å². The highest BCUT2D eigenvalue weighted by Gasteiger charge is 2.42. The zero-order chi connectivity index (χ0) is 48.6. The second-order valence-electron chi connectivity index (χ2n) is 16.7. The number of hydrogen-bond acceptors (Lipinski definition) is 14. The van der Waals surface area contributed by atoms with Gasteiger partial charge in [0.25, 0.3) is 14.2 Å². The summed E-state index contributed by atoms with van der Waals surface area (Å²) in [5.41, 5.74) is 3.53. The van der Waals surface area contributed by atoms with Crippen LogP contribution in [0.2, 0.25) is 5.02 Å². The molecule has 0 amide bonds. The Hall–Kier alpha value is -5.53. The third kappa shape index (κ3) is 13.2. The maximum atomic E-state index is 11.1. The second-order valence-corrected chi connectivity index (χ2v) is 18.5. The first-order valence-corrected chi connectivity index (χ1v) is 24.2. The van der Waals surface area contributed by atoms with Crippen LogP contribution >= 0.6 is 20.1 Å². The van der Waals surface area contributed by atoms with Gasteiger partial charge < -0.3 is 32.9 Å². The molecule has 68 heavy (non-hydrogen) atoms. The molecule has 6 rings (SSSR count). The summed E-state index contributed by atoms with van der Waals surface area (Å²) in [6.45, 7) is 13.0. The summed E-state index contributed by atoms with van der Waals surface area (Å²) in [6, 6.07) is 40.3. The first-order valence-electron chi connectivity index (χ1n) is 22.7. The predicted molar refractivity (Wildman–Crippen MR) is 266 cm³/mol. The average molecular weight is 967 g/mol. The molecule has 0 aromatic heterocycles. The lowest BCUT2D eigenvalue weighted by atomic mass is 9.80. The van der Waals surface area contributed by atoms with E-state index < -0.39 is 19.1 Å². The number of nitro groups is 1. The molecule has 5 aromatic rings. The Morgan fingerprint density at radius 2 is 1.50 bits per heavy atom. The van der Waals surface area contributed by atoms with Crippen molar-refractivity contribution < 1.29 is 32.9 Å². The molecule has 1 heterocycles. The number of anilines is 1. The molecule has 15 nitrogen and oxygen atoms in total. The number of non-ortho nitro benzene ring substituents is 1. The second kappa shape index (κ2) is 25.2. The molecule has 1 saturated heterocycles. The fraction of sp³-hybridized carbons (Fsp3) is 0.392. The molecule has 360 valence electrons. The minimum absolute atomic E-state index is 0.117. The molecule has 0 N–H and O–H groups in total. The Morgan fingerprint density at radius 3 is 2.04 bits per heavy atom. The molecule has 1 aliphatic heterocycles. The summed E-state index contributed by atoms with van der Waals surface area (Å²) in [7, 11) is 1.82. The van der Waals surface area contributed by atoms with Gasteiger partial charge in [-0.15, -0.1) is 5.11 Å². The lowest BCUT2D eigenvalue weighted by molar-refractivity contribution is -0.384. The first kappa shape index (κ1) is 51.9. The minimum atomic E-state index is -1.50. The van der Waals surface area contributed by atoms with E-state index in [-0.39, 0.29) is 48.0 Å². The summed E-state index contributed by atoms with van der Waals surface area (Å²) in [5, 5.41) is 29.1. The Balaban J connectivity index is 1.26. The van der Waals surface area contributed by atoms with E-state index >= 15 is 0 Å². The van der Waals surface area contributed by atoms with E-state index in [0.717, 1.165) is 33.9 Å². The third-order valence-electron chi connectivity index (χ3n) is 11.6. The third-order valence-corrected chi connectivity index (χ3v) is 14.1. The predicted octanol–water partition coefficient (Wildman–Crippen LogP) is 12.2. The summed E-state index contributed by atoms with van der Waals surface area (Å²) >= 11 is 6.23. The highest BCUT2D eigenvalue weighted by molar-refractivity contribution is 7.44. The standard InChI is InChI=1S/C51H61ClN7O8P/c1-8-56(43-21-19-42(20-22-43)54-55-50-28-23-44(59(60)61)32-49(50)52)35-64-36-57-33-48(67-68(66-30-12-29-53)58(37(2)3)38(4)5)31-45(57)34-65-51(39-13-10-9-11-14-39,40-15-24-46(62-6)25-16-40)41-17-26-47(63-7)27-18-41/h9-11,13-28,32,37-38,45,48H,8,12,30-31,33-36H2,1-7H3/t45?,48-,68?/m1/s1. The van der Waals surface area contributed by atoms with Crippen molar-refractivity contribution >= 4 is 42.9 Å². The number of azo groups is 1. The van der Waals surface area contributed by atoms with Gasteiger partial charge in [-0.3, -0.25) is 15.0 Å². The molecule has 0 bridgehead atoms. The Labute approximate surface area is 406 Å². The minimum Gasteiger partial charge on any atom is -0.497 e. The van der Waals surface area contributed by atoms with E-state index in [1.54, 1.807) is 14.2 Å². The number of nitro benzene ring substituents is 1. The lowest BCUT2D eigenvalue weighted by Crippen LogP contribution is -2.41. The molecular formula is C51H61ClN7O8P. The maximum Gasteiger partial charge on any atom is 0.271 e. The van der Waals surface area contributed by atoms with Crippen LogP contribution < -0.4 is 14.4 Å². The molecule has 0 radical (unpaired) electrons. The van der Waals surface area contributed by atoms with Gasteiger partial charge >= 0.3 is 0 Å². The van der Waals surface area contributed by atoms with Gasteiger partial charge in [0, 0.05) is 49.0 Å². The van der Waals surface area contributed by atoms with Crippen molar-refractivity contribution in [1.29, 1.82) is 5.26 Å². The van der Waals surface area contributed by atoms with E-state index in [9.17, 15) is 15.4 Å². The van der Waals surface area contributed by atoms with Crippen LogP contribution in [0, 0.1) is 21.4 Å². The zero-order valence-corrected chi connectivity index (χ0v) is 41.4. The highest BCUT2D eigenvalue weighted by Crippen LogP contribution is 2.49. The fourth-order valence-corrected chi connectivity index (χ4v) is 10.1. The number of methoxy groups -OCH3 is 2. The summed E-state index contributed by atoms with van der Waals surface area (Å²) < 4.78 is 40.7. The Kier molecular flexibility index (Phi) is 19.2. The van der Waals surface area contributed by atoms with Crippen LogP contribution in [-0.2, 0) is 24.1 Å². The topological polar surface area (TPSA) is 157 Å². The molecule has 1 fully saturated rings. The maximum absolute atomic E-state index is 11.1. The summed E-state index contributed by atoms with van der Waals surface area (Å²) in [6.07, 6.45) is 0.685. The largest absolute Gasteiger partial charge is 0.497 e. The van der Waals surface area contributed by atoms with Crippen LogP contribution in [0.1, 0.15) is 64.2 Å². The molecule has 1 aliphatic rings. The Morgan fingerprint density at radius 1 is 0.882 bits per heavy atom. The van der Waals surface area contributed by atoms with E-state index in [1.165, 1.54) is 18.2 Å². The number of ether oxygens (including phenoxy) is 4. The number of benzene rings is 5. The van der Waals surface area contributed by atoms with E-state index in [1.807, 2.05) is 66.7 Å². The molecule has 0 spiro atoms. The van der Waals surface area contributed by atoms with Crippen molar-refractivity contribution in [3.8, 4) is 17.6 Å². The fourth-order valence-electron chi connectivity index (χ4n) is 8.21. The molecule has 2 unspecified atom stereocenters. The number of hydrogen-bond donors (Lipinski definition) is 0. The van der Waals surface area contributed by atoms with Crippen molar-refractivity contribution in [3.05, 3.63) is 153 Å². The number of halogens is 1. The SMILES string of the molecule is CCN(COCN1C[C@H](OP(OCCC#N)N(C(C)C)C(C)C)CC1COC(c1ccccc1)(c1ccc(OC)cc1)c1ccc(OC)cc1)c1ccc(N=Nc2ccc([N+](=O)[O-])cc2Cl)cc1. The van der Waals surface area contributed by atoms with Crippen LogP contribution in [0.3, 0.4) is 0 Å². The van der Waals surface area contributed by atoms with Crippen molar-refractivity contribution in [3.63, 3.8) is 0 Å². The Bertz CT molecular complexity index is 2370. The number of nitrogens with zero attached hydrogens (tertiary/aromatic N) is 7. The lowest BCUT2D eigenvalue weighted by Gasteiger charge is -2.38. The molecular weight excluding hydrogens is 905 g/mol. The summed E-state index contributed by atoms with van der Waals surface area (Å²) in [5.74, 6) is 1.48. The van der Waals surface area contributed by atoms with Gasteiger partial charge in [0.15, 0.2) is 0 Å². The smallest absolute Gasteiger partial charge is 0.271 e. The average Bonchev–Trinajstić information content (AvgIpc) is 3.73. The number of likely N-dealkylation sites (tertiary alicyclic amines) is 1. The quantitative estimate of drug-likeness (QED) is 0.0104. The van der Waals surface area contributed by atoms with Crippen LogP contribution in [-0.4, -0.2) is 92.7 Å². The molecule has 0 aliphatic carbocycles. The van der Waals surface area contributed by atoms with E-state index in [2.05, 4.69) is 102 Å². The summed E-state index contributed by atoms with van der Waals surface area (Å²) in [4.78, 5) is 15.0. The van der Waals surface area contributed by atoms with Crippen LogP contribution in [0.25, 0.3) is 0 Å². The molecule has 5 aromatic carbocycles. The van der Waals surface area contributed by atoms with Crippen molar-refractivity contribution in [1.82, 2.24) is 9.57 Å². The van der Waals surface area contributed by atoms with Gasteiger partial charge in [-0.05, 0) is 112 Å². The van der Waals surface area contributed by atoms with Crippen molar-refractivity contribution in [2.24, 2.45) is 10.2 Å². The van der Waals surface area contributed by atoms with Gasteiger partial charge in [-0.2, -0.15) is 10.4 Å². The van der Waals surface area contributed by atoms with Crippen LogP contribution in [0.5, 0.6) is 11.5 Å². The first-order chi connectivity index (χ1) is 32.9. The van der Waals surface area contributed by atoms with E-state index in [0.29, 0.717) is 51.0 Å². The number of nitriles is 1. The monoisotopic (exact) mass is 965 g/mol. The molecule has 3 atom stereocenters. The van der Waals surface area contributed by atoms with Gasteiger partial charge in [0.2, 0.25) is 0 Å². The van der Waals surface area contributed by atoms with Gasteiger partial charge in [0.1, 0.15) is 36.2 Å². The van der Waals surface area contributed by atoms with Crippen molar-refractivity contribution in [2.45, 2.75) is 77.3 Å². The van der Waals surface area contributed by atoms with Crippen LogP contribution in [0.4, 0.5) is 22.7 Å². The zero-order valence-electron chi connectivity index (χ0n) is 39.7. The van der Waals surface area contributed by atoms with Crippen LogP contribution in [0.15, 0.2) is 132 Å². The number of rotatable bonds is 25. The van der Waals surface area contributed by atoms with Gasteiger partial charge in [-0.25, -0.2) is 4.67 Å². The molecule has 17 heteroatoms. The van der Waals surface area contributed by atoms with E-state index in [4.69, 9.17) is 39.6 Å². The molecule has 0 saturated carbocycles. The van der Waals surface area contributed by atoms with Gasteiger partial charge in [0.05, 0.1) is 61.7 Å². The van der Waals surface area contributed by atoms with Crippen molar-refractivity contribution in [2.75, 3.05) is 58.9 Å². The highest BCUT2D eigenvalue weighted by atomic mass is 35.5.